The Morgan fingerprint density at radius 1 is 1.42 bits per heavy atom. The molecule has 5 heteroatoms. The first-order valence-corrected chi connectivity index (χ1v) is 6.72. The normalized spacial score (nSPS) is 13.6. The molecule has 0 fully saturated rings. The maximum atomic E-state index is 9.78. The molecule has 0 saturated heterocycles. The zero-order chi connectivity index (χ0) is 14.3. The highest BCUT2D eigenvalue weighted by molar-refractivity contribution is 6.37. The van der Waals surface area contributed by atoms with Gasteiger partial charge in [0.2, 0.25) is 0 Å². The molecule has 0 aliphatic rings. The monoisotopic (exact) mass is 301 g/mol. The molecule has 0 radical (unpaired) electrons. The number of aliphatic hydroxyl groups excluding tert-OH is 1. The van der Waals surface area contributed by atoms with Crippen molar-refractivity contribution in [3.8, 4) is 18.1 Å². The average molecular weight is 302 g/mol. The van der Waals surface area contributed by atoms with Crippen LogP contribution in [0, 0.1) is 12.3 Å². The van der Waals surface area contributed by atoms with Crippen LogP contribution in [-0.2, 0) is 0 Å². The third-order valence-electron chi connectivity index (χ3n) is 2.46. The Hall–Kier alpha value is -0.920. The van der Waals surface area contributed by atoms with Crippen molar-refractivity contribution < 1.29 is 9.84 Å². The first kappa shape index (κ1) is 16.1. The minimum atomic E-state index is -0.660. The average Bonchev–Trinajstić information content (AvgIpc) is 2.36. The van der Waals surface area contributed by atoms with Crippen molar-refractivity contribution in [2.75, 3.05) is 13.2 Å². The van der Waals surface area contributed by atoms with E-state index in [4.69, 9.17) is 34.4 Å². The predicted molar refractivity (Wildman–Crippen MR) is 78.9 cm³/mol. The Balaban J connectivity index is 2.38. The van der Waals surface area contributed by atoms with Crippen LogP contribution in [0.15, 0.2) is 18.2 Å². The number of rotatable bonds is 7. The van der Waals surface area contributed by atoms with Crippen LogP contribution in [0.4, 0.5) is 0 Å². The lowest BCUT2D eigenvalue weighted by Gasteiger charge is -2.17. The second kappa shape index (κ2) is 8.29. The van der Waals surface area contributed by atoms with E-state index in [-0.39, 0.29) is 12.6 Å². The van der Waals surface area contributed by atoms with Gasteiger partial charge < -0.3 is 15.2 Å². The van der Waals surface area contributed by atoms with E-state index >= 15 is 0 Å². The number of para-hydroxylation sites is 1. The zero-order valence-corrected chi connectivity index (χ0v) is 12.2. The Morgan fingerprint density at radius 3 is 2.63 bits per heavy atom. The molecule has 3 nitrogen and oxygen atoms in total. The van der Waals surface area contributed by atoms with Crippen LogP contribution in [0.2, 0.25) is 10.0 Å². The molecule has 0 aromatic heterocycles. The van der Waals surface area contributed by atoms with Gasteiger partial charge in [0.15, 0.2) is 5.75 Å². The van der Waals surface area contributed by atoms with E-state index in [0.717, 1.165) is 0 Å². The van der Waals surface area contributed by atoms with Crippen molar-refractivity contribution in [1.82, 2.24) is 5.32 Å². The summed E-state index contributed by atoms with van der Waals surface area (Å²) in [6, 6.07) is 5.26. The van der Waals surface area contributed by atoms with Gasteiger partial charge in [-0.2, -0.15) is 0 Å². The highest BCUT2D eigenvalue weighted by Gasteiger charge is 2.11. The van der Waals surface area contributed by atoms with Crippen molar-refractivity contribution in [2.24, 2.45) is 0 Å². The van der Waals surface area contributed by atoms with Crippen molar-refractivity contribution in [3.63, 3.8) is 0 Å². The van der Waals surface area contributed by atoms with Crippen molar-refractivity contribution >= 4 is 23.2 Å². The molecule has 0 aliphatic carbocycles. The van der Waals surface area contributed by atoms with Gasteiger partial charge in [0.25, 0.3) is 0 Å². The minimum Gasteiger partial charge on any atom is -0.488 e. The van der Waals surface area contributed by atoms with Gasteiger partial charge in [-0.25, -0.2) is 0 Å². The van der Waals surface area contributed by atoms with Crippen molar-refractivity contribution in [2.45, 2.75) is 25.5 Å². The second-order valence-corrected chi connectivity index (χ2v) is 5.05. The van der Waals surface area contributed by atoms with Gasteiger partial charge in [-0.05, 0) is 19.1 Å². The Bertz CT molecular complexity index is 425. The van der Waals surface area contributed by atoms with E-state index in [2.05, 4.69) is 11.2 Å². The van der Waals surface area contributed by atoms with Gasteiger partial charge in [-0.3, -0.25) is 0 Å². The zero-order valence-electron chi connectivity index (χ0n) is 10.7. The highest BCUT2D eigenvalue weighted by atomic mass is 35.5. The van der Waals surface area contributed by atoms with Gasteiger partial charge in [0.05, 0.1) is 10.0 Å². The first-order chi connectivity index (χ1) is 9.04. The smallest absolute Gasteiger partial charge is 0.156 e. The van der Waals surface area contributed by atoms with Crippen LogP contribution in [0.5, 0.6) is 5.75 Å². The Labute approximate surface area is 123 Å². The molecule has 19 heavy (non-hydrogen) atoms. The summed E-state index contributed by atoms with van der Waals surface area (Å²) in [6.07, 6.45) is 5.15. The lowest BCUT2D eigenvalue weighted by atomic mass is 10.2. The lowest BCUT2D eigenvalue weighted by molar-refractivity contribution is 0.104. The molecule has 1 rings (SSSR count). The van der Waals surface area contributed by atoms with E-state index < -0.39 is 6.10 Å². The van der Waals surface area contributed by atoms with E-state index in [1.54, 1.807) is 18.2 Å². The van der Waals surface area contributed by atoms with Gasteiger partial charge in [0, 0.05) is 19.0 Å². The fourth-order valence-electron chi connectivity index (χ4n) is 1.45. The summed E-state index contributed by atoms with van der Waals surface area (Å²) < 4.78 is 5.43. The molecule has 0 aliphatic heterocycles. The van der Waals surface area contributed by atoms with E-state index in [0.29, 0.717) is 28.8 Å². The molecule has 104 valence electrons. The molecular weight excluding hydrogens is 285 g/mol. The second-order valence-electron chi connectivity index (χ2n) is 4.23. The van der Waals surface area contributed by atoms with Gasteiger partial charge in [0.1, 0.15) is 12.7 Å². The van der Waals surface area contributed by atoms with Crippen LogP contribution < -0.4 is 10.1 Å². The first-order valence-electron chi connectivity index (χ1n) is 5.96. The van der Waals surface area contributed by atoms with Crippen LogP contribution in [-0.4, -0.2) is 30.4 Å². The molecule has 2 atom stereocenters. The van der Waals surface area contributed by atoms with Gasteiger partial charge >= 0.3 is 0 Å². The van der Waals surface area contributed by atoms with Gasteiger partial charge in [-0.15, -0.1) is 12.3 Å². The summed E-state index contributed by atoms with van der Waals surface area (Å²) >= 11 is 11.9. The fraction of sp³-hybridized carbons (Fsp3) is 0.429. The number of ether oxygens (including phenoxy) is 1. The van der Waals surface area contributed by atoms with E-state index in [9.17, 15) is 5.11 Å². The van der Waals surface area contributed by atoms with Gasteiger partial charge in [-0.1, -0.05) is 29.3 Å². The number of hydrogen-bond donors (Lipinski definition) is 2. The number of halogens is 2. The standard InChI is InChI=1S/C14H17Cl2NO2/c1-3-5-10(2)17-8-11(18)9-19-14-12(15)6-4-7-13(14)16/h1,4,6-7,10-11,17-18H,5,8-9H2,2H3. The van der Waals surface area contributed by atoms with Crippen molar-refractivity contribution in [1.29, 1.82) is 0 Å². The number of hydrogen-bond acceptors (Lipinski definition) is 3. The summed E-state index contributed by atoms with van der Waals surface area (Å²) in [5.74, 6) is 2.94. The third-order valence-corrected chi connectivity index (χ3v) is 3.06. The number of aliphatic hydroxyl groups is 1. The predicted octanol–water partition coefficient (Wildman–Crippen LogP) is 2.73. The SMILES string of the molecule is C#CCC(C)NCC(O)COc1c(Cl)cccc1Cl. The summed E-state index contributed by atoms with van der Waals surface area (Å²) in [5, 5.41) is 13.7. The third kappa shape index (κ3) is 5.71. The number of nitrogens with one attached hydrogen (secondary N) is 1. The number of terminal acetylenes is 1. The van der Waals surface area contributed by atoms with Crippen LogP contribution in [0.3, 0.4) is 0 Å². The minimum absolute atomic E-state index is 0.110. The lowest BCUT2D eigenvalue weighted by Crippen LogP contribution is -2.36. The number of benzene rings is 1. The molecule has 1 aromatic rings. The molecule has 0 saturated carbocycles. The van der Waals surface area contributed by atoms with E-state index in [1.807, 2.05) is 6.92 Å². The molecule has 1 aromatic carbocycles. The van der Waals surface area contributed by atoms with Crippen molar-refractivity contribution in [3.05, 3.63) is 28.2 Å². The fourth-order valence-corrected chi connectivity index (χ4v) is 1.95. The highest BCUT2D eigenvalue weighted by Crippen LogP contribution is 2.32. The topological polar surface area (TPSA) is 41.5 Å². The van der Waals surface area contributed by atoms with E-state index in [1.165, 1.54) is 0 Å². The molecule has 0 spiro atoms. The molecule has 0 heterocycles. The van der Waals surface area contributed by atoms with Crippen LogP contribution >= 0.6 is 23.2 Å². The summed E-state index contributed by atoms with van der Waals surface area (Å²) in [4.78, 5) is 0. The van der Waals surface area contributed by atoms with Crippen LogP contribution in [0.25, 0.3) is 0 Å². The largest absolute Gasteiger partial charge is 0.488 e. The quantitative estimate of drug-likeness (QED) is 0.761. The summed E-state index contributed by atoms with van der Waals surface area (Å²) in [7, 11) is 0. The molecular formula is C14H17Cl2NO2. The maximum Gasteiger partial charge on any atom is 0.156 e. The maximum absolute atomic E-state index is 9.78. The Morgan fingerprint density at radius 2 is 2.05 bits per heavy atom. The molecule has 2 unspecified atom stereocenters. The summed E-state index contributed by atoms with van der Waals surface area (Å²) in [5.41, 5.74) is 0. The molecule has 0 bridgehead atoms. The Kier molecular flexibility index (Phi) is 7.04. The van der Waals surface area contributed by atoms with Crippen LogP contribution in [0.1, 0.15) is 13.3 Å². The molecule has 2 N–H and O–H groups in total. The molecule has 0 amide bonds. The summed E-state index contributed by atoms with van der Waals surface area (Å²) in [6.45, 7) is 2.46.